The van der Waals surface area contributed by atoms with Gasteiger partial charge in [-0.15, -0.1) is 0 Å². The molecule has 0 aliphatic heterocycles. The molecule has 1 aromatic carbocycles. The van der Waals surface area contributed by atoms with E-state index in [1.165, 1.54) is 0 Å². The Morgan fingerprint density at radius 2 is 0.731 bits per heavy atom. The van der Waals surface area contributed by atoms with Gasteiger partial charge in [-0.1, -0.05) is 24.3 Å². The predicted molar refractivity (Wildman–Crippen MR) is 58.5 cm³/mol. The molecule has 2 atom stereocenters. The molecule has 0 amide bonds. The lowest BCUT2D eigenvalue weighted by molar-refractivity contribution is -0.386. The smallest absolute Gasteiger partial charge is 0.333 e. The molecule has 0 fully saturated rings. The van der Waals surface area contributed by atoms with Crippen LogP contribution in [0.2, 0.25) is 0 Å². The number of hydrogen-bond acceptors (Lipinski definition) is 2. The first-order valence-corrected chi connectivity index (χ1v) is 6.04. The Kier molecular flexibility index (Phi) is 5.07. The maximum absolute atomic E-state index is 14.1. The Morgan fingerprint density at radius 3 is 0.885 bits per heavy atom. The summed E-state index contributed by atoms with van der Waals surface area (Å²) in [6.45, 7) is 0. The molecule has 0 aliphatic rings. The minimum atomic E-state index is -6.88. The number of rotatable bonds is 4. The molecule has 2 unspecified atom stereocenters. The molecule has 2 N–H and O–H groups in total. The molecule has 0 saturated heterocycles. The lowest BCUT2D eigenvalue weighted by Gasteiger charge is -2.37. The molecule has 0 saturated carbocycles. The fourth-order valence-electron chi connectivity index (χ4n) is 2.05. The van der Waals surface area contributed by atoms with Crippen molar-refractivity contribution in [3.05, 3.63) is 35.4 Å². The average molecular weight is 410 g/mol. The largest absolute Gasteiger partial charge is 0.435 e. The molecule has 26 heavy (non-hydrogen) atoms. The zero-order chi connectivity index (χ0) is 21.0. The lowest BCUT2D eigenvalue weighted by atomic mass is 9.81. The van der Waals surface area contributed by atoms with Crippen LogP contribution in [0.3, 0.4) is 0 Å². The molecule has 14 heteroatoms. The monoisotopic (exact) mass is 410 g/mol. The van der Waals surface area contributed by atoms with Crippen molar-refractivity contribution in [2.45, 2.75) is 35.9 Å². The van der Waals surface area contributed by atoms with Crippen LogP contribution in [-0.4, -0.2) is 34.8 Å². The maximum Gasteiger partial charge on any atom is 0.435 e. The molecule has 1 rings (SSSR count). The minimum Gasteiger partial charge on any atom is -0.333 e. The molecule has 150 valence electrons. The highest BCUT2D eigenvalue weighted by atomic mass is 19.4. The van der Waals surface area contributed by atoms with Gasteiger partial charge in [0.25, 0.3) is 0 Å². The average Bonchev–Trinajstić information content (AvgIpc) is 2.40. The van der Waals surface area contributed by atoms with E-state index in [1.807, 2.05) is 0 Å². The SMILES string of the molecule is OC(F)(F)C(F)(c1ccccc1C(F)(C(O)(F)F)C(F)(F)F)C(F)(F)F. The zero-order valence-electron chi connectivity index (χ0n) is 11.7. The highest BCUT2D eigenvalue weighted by Crippen LogP contribution is 2.58. The maximum atomic E-state index is 14.1. The van der Waals surface area contributed by atoms with E-state index in [-0.39, 0.29) is 12.1 Å². The Balaban J connectivity index is 4.03. The normalized spacial score (nSPS) is 19.0. The van der Waals surface area contributed by atoms with Crippen molar-refractivity contribution < 1.29 is 62.9 Å². The van der Waals surface area contributed by atoms with Gasteiger partial charge >= 0.3 is 35.9 Å². The topological polar surface area (TPSA) is 40.5 Å². The summed E-state index contributed by atoms with van der Waals surface area (Å²) in [6.07, 6.45) is -26.8. The number of halogens is 12. The van der Waals surface area contributed by atoms with Gasteiger partial charge in [0.2, 0.25) is 0 Å². The van der Waals surface area contributed by atoms with Crippen LogP contribution in [0.15, 0.2) is 24.3 Å². The van der Waals surface area contributed by atoms with E-state index >= 15 is 0 Å². The van der Waals surface area contributed by atoms with Crippen molar-refractivity contribution in [3.63, 3.8) is 0 Å². The summed E-state index contributed by atoms with van der Waals surface area (Å²) in [6, 6.07) is -0.647. The van der Waals surface area contributed by atoms with Gasteiger partial charge in [-0.05, 0) is 0 Å². The van der Waals surface area contributed by atoms with Crippen molar-refractivity contribution >= 4 is 0 Å². The number of benzene rings is 1. The standard InChI is InChI=1S/C12H6F12O2/c13-7(9(15,16)17,11(21,22)25)5-3-1-2-4-6(5)8(14,10(18,19)20)12(23,24)26/h1-4,25-26H. The minimum absolute atomic E-state index is 0.191. The second-order valence-electron chi connectivity index (χ2n) is 4.94. The molecule has 0 bridgehead atoms. The van der Waals surface area contributed by atoms with Crippen LogP contribution in [0.4, 0.5) is 52.7 Å². The second kappa shape index (κ2) is 5.90. The third-order valence-corrected chi connectivity index (χ3v) is 3.28. The van der Waals surface area contributed by atoms with Crippen molar-refractivity contribution in [1.82, 2.24) is 0 Å². The Bertz CT molecular complexity index is 567. The van der Waals surface area contributed by atoms with Gasteiger partial charge in [0, 0.05) is 11.1 Å². The third-order valence-electron chi connectivity index (χ3n) is 3.28. The van der Waals surface area contributed by atoms with E-state index in [4.69, 9.17) is 10.2 Å². The van der Waals surface area contributed by atoms with Crippen LogP contribution in [0.25, 0.3) is 0 Å². The van der Waals surface area contributed by atoms with E-state index < -0.39 is 59.2 Å². The van der Waals surface area contributed by atoms with Crippen LogP contribution >= 0.6 is 0 Å². The van der Waals surface area contributed by atoms with Crippen LogP contribution in [0, 0.1) is 0 Å². The first-order chi connectivity index (χ1) is 11.2. The molecule has 0 heterocycles. The van der Waals surface area contributed by atoms with Gasteiger partial charge in [-0.25, -0.2) is 8.78 Å². The number of hydrogen-bond donors (Lipinski definition) is 2. The van der Waals surface area contributed by atoms with Crippen molar-refractivity contribution in [2.75, 3.05) is 0 Å². The van der Waals surface area contributed by atoms with E-state index in [2.05, 4.69) is 0 Å². The van der Waals surface area contributed by atoms with Gasteiger partial charge in [-0.3, -0.25) is 0 Å². The molecule has 1 aromatic rings. The lowest BCUT2D eigenvalue weighted by Crippen LogP contribution is -2.57. The number of aliphatic hydroxyl groups is 2. The summed E-state index contributed by atoms with van der Waals surface area (Å²) in [4.78, 5) is 0. The van der Waals surface area contributed by atoms with Gasteiger partial charge in [-0.2, -0.15) is 43.9 Å². The fraction of sp³-hybridized carbons (Fsp3) is 0.500. The Morgan fingerprint density at radius 1 is 0.500 bits per heavy atom. The zero-order valence-corrected chi connectivity index (χ0v) is 11.7. The van der Waals surface area contributed by atoms with Gasteiger partial charge in [0.05, 0.1) is 0 Å². The molecule has 0 aromatic heterocycles. The van der Waals surface area contributed by atoms with Crippen molar-refractivity contribution in [2.24, 2.45) is 0 Å². The van der Waals surface area contributed by atoms with Gasteiger partial charge < -0.3 is 10.2 Å². The Labute approximate surface area is 135 Å². The van der Waals surface area contributed by atoms with E-state index in [1.54, 1.807) is 0 Å². The number of alkyl halides is 12. The summed E-state index contributed by atoms with van der Waals surface area (Å²) < 4.78 is 157. The third kappa shape index (κ3) is 3.08. The molecule has 2 nitrogen and oxygen atoms in total. The van der Waals surface area contributed by atoms with E-state index in [0.717, 1.165) is 0 Å². The second-order valence-corrected chi connectivity index (χ2v) is 4.94. The van der Waals surface area contributed by atoms with Crippen molar-refractivity contribution in [3.8, 4) is 0 Å². The summed E-state index contributed by atoms with van der Waals surface area (Å²) >= 11 is 0. The molecular weight excluding hydrogens is 404 g/mol. The van der Waals surface area contributed by atoms with Gasteiger partial charge in [0.15, 0.2) is 0 Å². The van der Waals surface area contributed by atoms with E-state index in [9.17, 15) is 52.7 Å². The van der Waals surface area contributed by atoms with Crippen LogP contribution in [0.5, 0.6) is 0 Å². The molecule has 0 aliphatic carbocycles. The molecule has 0 radical (unpaired) electrons. The van der Waals surface area contributed by atoms with Crippen LogP contribution < -0.4 is 0 Å². The summed E-state index contributed by atoms with van der Waals surface area (Å²) in [5.74, 6) is 0. The molecule has 0 spiro atoms. The summed E-state index contributed by atoms with van der Waals surface area (Å²) in [5, 5.41) is 16.5. The first kappa shape index (κ1) is 22.3. The quantitative estimate of drug-likeness (QED) is 0.727. The van der Waals surface area contributed by atoms with Crippen molar-refractivity contribution in [1.29, 1.82) is 0 Å². The first-order valence-electron chi connectivity index (χ1n) is 6.04. The van der Waals surface area contributed by atoms with Crippen LogP contribution in [0.1, 0.15) is 11.1 Å². The summed E-state index contributed by atoms with van der Waals surface area (Å²) in [7, 11) is 0. The Hall–Kier alpha value is -1.70. The van der Waals surface area contributed by atoms with Crippen LogP contribution in [-0.2, 0) is 11.3 Å². The predicted octanol–water partition coefficient (Wildman–Crippen LogP) is 4.31. The highest BCUT2D eigenvalue weighted by molar-refractivity contribution is 5.41. The fourth-order valence-corrected chi connectivity index (χ4v) is 2.05. The van der Waals surface area contributed by atoms with E-state index in [0.29, 0.717) is 0 Å². The summed E-state index contributed by atoms with van der Waals surface area (Å²) in [5.41, 5.74) is -18.8. The molecular formula is C12H6F12O2. The van der Waals surface area contributed by atoms with Gasteiger partial charge in [0.1, 0.15) is 0 Å². The highest BCUT2D eigenvalue weighted by Gasteiger charge is 2.78.